The van der Waals surface area contributed by atoms with E-state index in [0.717, 1.165) is 44.7 Å². The summed E-state index contributed by atoms with van der Waals surface area (Å²) in [6.45, 7) is 4.25. The Kier molecular flexibility index (Phi) is 21.4. The van der Waals surface area contributed by atoms with Gasteiger partial charge in [-0.3, -0.25) is 4.79 Å². The molecular formula is C40H73FN2O6. The van der Waals surface area contributed by atoms with Crippen molar-refractivity contribution in [3.8, 4) is 0 Å². The van der Waals surface area contributed by atoms with Crippen molar-refractivity contribution in [2.75, 3.05) is 6.61 Å². The van der Waals surface area contributed by atoms with Gasteiger partial charge in [-0.05, 0) is 12.8 Å². The fourth-order valence-electron chi connectivity index (χ4n) is 7.81. The Balaban J connectivity index is 1.44. The largest absolute Gasteiger partial charge is 0.394 e. The van der Waals surface area contributed by atoms with Gasteiger partial charge in [0.05, 0.1) is 6.61 Å². The summed E-state index contributed by atoms with van der Waals surface area (Å²) in [6, 6.07) is 0. The predicted octanol–water partition coefficient (Wildman–Crippen LogP) is 9.67. The number of aliphatic hydroxyl groups is 2. The highest BCUT2D eigenvalue weighted by molar-refractivity contribution is 5.91. The molecule has 3 rings (SSSR count). The zero-order valence-electron chi connectivity index (χ0n) is 31.3. The number of hydrogen-bond donors (Lipinski definition) is 3. The zero-order chi connectivity index (χ0) is 35.2. The lowest BCUT2D eigenvalue weighted by Crippen LogP contribution is -2.56. The summed E-state index contributed by atoms with van der Waals surface area (Å²) in [6.07, 6.45) is 31.7. The number of carbonyl (C=O) groups is 1. The van der Waals surface area contributed by atoms with Crippen LogP contribution in [0.5, 0.6) is 0 Å². The van der Waals surface area contributed by atoms with Gasteiger partial charge < -0.3 is 34.6 Å². The first-order chi connectivity index (χ1) is 23.9. The maximum absolute atomic E-state index is 14.3. The highest BCUT2D eigenvalue weighted by atomic mass is 19.1. The van der Waals surface area contributed by atoms with Gasteiger partial charge in [0.25, 0.3) is 5.91 Å². The number of amides is 1. The first kappa shape index (κ1) is 42.2. The van der Waals surface area contributed by atoms with Crippen molar-refractivity contribution in [3.05, 3.63) is 12.0 Å². The molecule has 8 nitrogen and oxygen atoms in total. The van der Waals surface area contributed by atoms with Gasteiger partial charge in [-0.2, -0.15) is 4.39 Å². The lowest BCUT2D eigenvalue weighted by Gasteiger charge is -2.37. The summed E-state index contributed by atoms with van der Waals surface area (Å²) in [4.78, 5) is 13.0. The van der Waals surface area contributed by atoms with E-state index in [9.17, 15) is 19.4 Å². The first-order valence-electron chi connectivity index (χ1n) is 20.7. The van der Waals surface area contributed by atoms with Crippen molar-refractivity contribution < 1.29 is 33.6 Å². The van der Waals surface area contributed by atoms with Crippen LogP contribution in [0.4, 0.5) is 4.39 Å². The number of aliphatic hydroxyl groups excluding tert-OH is 2. The molecule has 2 fully saturated rings. The van der Waals surface area contributed by atoms with E-state index in [1.54, 1.807) is 0 Å². The van der Waals surface area contributed by atoms with Gasteiger partial charge in [-0.1, -0.05) is 168 Å². The van der Waals surface area contributed by atoms with E-state index in [2.05, 4.69) is 19.2 Å². The molecule has 0 bridgehead atoms. The SMILES string of the molecule is CCCCCCCCCCCCCCCC1(CCCCCCCCCCCCCCC)OC2C(CO)OC(N3C=C(F)C(=O)NC3O)C2O1. The molecule has 0 radical (unpaired) electrons. The summed E-state index contributed by atoms with van der Waals surface area (Å²) in [5.74, 6) is -2.78. The number of nitrogens with one attached hydrogen (secondary N) is 1. The van der Waals surface area contributed by atoms with E-state index in [4.69, 9.17) is 14.2 Å². The van der Waals surface area contributed by atoms with Crippen LogP contribution in [-0.4, -0.2) is 64.3 Å². The number of halogens is 1. The summed E-state index contributed by atoms with van der Waals surface area (Å²) < 4.78 is 33.7. The topological polar surface area (TPSA) is 100 Å². The molecule has 5 unspecified atom stereocenters. The predicted molar refractivity (Wildman–Crippen MR) is 194 cm³/mol. The number of ether oxygens (including phenoxy) is 3. The minimum absolute atomic E-state index is 0.281. The van der Waals surface area contributed by atoms with Crippen LogP contribution < -0.4 is 5.32 Å². The number of rotatable bonds is 30. The average Bonchev–Trinajstić information content (AvgIpc) is 3.62. The quantitative estimate of drug-likeness (QED) is 0.0643. The Morgan fingerprint density at radius 1 is 0.673 bits per heavy atom. The molecule has 9 heteroatoms. The third-order valence-electron chi connectivity index (χ3n) is 10.8. The summed E-state index contributed by atoms with van der Waals surface area (Å²) in [5.41, 5.74) is 0. The van der Waals surface area contributed by atoms with Crippen molar-refractivity contribution in [1.29, 1.82) is 0 Å². The molecule has 49 heavy (non-hydrogen) atoms. The average molecular weight is 697 g/mol. The maximum atomic E-state index is 14.3. The third kappa shape index (κ3) is 15.1. The summed E-state index contributed by atoms with van der Waals surface area (Å²) >= 11 is 0. The molecule has 1 amide bonds. The second-order valence-corrected chi connectivity index (χ2v) is 15.1. The fraction of sp³-hybridized carbons (Fsp3) is 0.925. The molecule has 0 spiro atoms. The van der Waals surface area contributed by atoms with Crippen LogP contribution in [0.1, 0.15) is 194 Å². The van der Waals surface area contributed by atoms with E-state index in [0.29, 0.717) is 0 Å². The molecule has 0 aromatic rings. The first-order valence-corrected chi connectivity index (χ1v) is 20.7. The molecule has 2 saturated heterocycles. The Hall–Kier alpha value is -1.26. The molecule has 3 aliphatic rings. The number of nitrogens with zero attached hydrogens (tertiary/aromatic N) is 1. The second-order valence-electron chi connectivity index (χ2n) is 15.1. The lowest BCUT2D eigenvalue weighted by molar-refractivity contribution is -0.240. The monoisotopic (exact) mass is 697 g/mol. The zero-order valence-corrected chi connectivity index (χ0v) is 31.3. The number of hydrogen-bond acceptors (Lipinski definition) is 7. The Labute approximate surface area is 298 Å². The number of carbonyl (C=O) groups excluding carboxylic acids is 1. The Bertz CT molecular complexity index is 876. The van der Waals surface area contributed by atoms with Crippen LogP contribution in [0.3, 0.4) is 0 Å². The molecule has 0 saturated carbocycles. The van der Waals surface area contributed by atoms with E-state index in [1.165, 1.54) is 146 Å². The van der Waals surface area contributed by atoms with Gasteiger partial charge >= 0.3 is 0 Å². The van der Waals surface area contributed by atoms with Crippen LogP contribution in [0.2, 0.25) is 0 Å². The standard InChI is InChI=1S/C40H73FN2O6/c1-3-5-7-9-11-13-15-17-19-21-23-25-27-29-40(30-28-26-24-22-20-18-16-14-12-10-8-6-4-2)48-35-34(32-44)47-38(36(35)49-40)43-31-33(41)37(45)42-39(43)46/h31,34-36,38-39,44,46H,3-30,32H2,1-2H3,(H,42,45). The van der Waals surface area contributed by atoms with Gasteiger partial charge in [0.15, 0.2) is 12.0 Å². The van der Waals surface area contributed by atoms with Crippen LogP contribution in [0, 0.1) is 0 Å². The fourth-order valence-corrected chi connectivity index (χ4v) is 7.81. The van der Waals surface area contributed by atoms with Crippen LogP contribution in [0.25, 0.3) is 0 Å². The molecule has 5 atom stereocenters. The van der Waals surface area contributed by atoms with Gasteiger partial charge in [0, 0.05) is 19.0 Å². The Morgan fingerprint density at radius 2 is 1.06 bits per heavy atom. The minimum atomic E-state index is -1.46. The molecular weight excluding hydrogens is 623 g/mol. The normalized spacial score (nSPS) is 24.8. The van der Waals surface area contributed by atoms with Crippen LogP contribution >= 0.6 is 0 Å². The second kappa shape index (κ2) is 24.8. The van der Waals surface area contributed by atoms with Gasteiger partial charge in [0.1, 0.15) is 18.3 Å². The molecule has 0 aliphatic carbocycles. The van der Waals surface area contributed by atoms with Crippen LogP contribution in [-0.2, 0) is 19.0 Å². The Morgan fingerprint density at radius 3 is 1.47 bits per heavy atom. The molecule has 3 N–H and O–H groups in total. The smallest absolute Gasteiger partial charge is 0.284 e. The van der Waals surface area contributed by atoms with Crippen LogP contribution in [0.15, 0.2) is 12.0 Å². The van der Waals surface area contributed by atoms with Crippen molar-refractivity contribution >= 4 is 5.91 Å². The van der Waals surface area contributed by atoms with Gasteiger partial charge in [0.2, 0.25) is 12.2 Å². The van der Waals surface area contributed by atoms with E-state index in [1.807, 2.05) is 0 Å². The number of fused-ring (bicyclic) bond motifs is 1. The molecule has 3 aliphatic heterocycles. The van der Waals surface area contributed by atoms with Crippen molar-refractivity contribution in [1.82, 2.24) is 10.2 Å². The van der Waals surface area contributed by atoms with Crippen molar-refractivity contribution in [2.24, 2.45) is 0 Å². The van der Waals surface area contributed by atoms with Crippen molar-refractivity contribution in [2.45, 2.75) is 230 Å². The summed E-state index contributed by atoms with van der Waals surface area (Å²) in [7, 11) is 0. The van der Waals surface area contributed by atoms with Gasteiger partial charge in [-0.25, -0.2) is 0 Å². The lowest BCUT2D eigenvalue weighted by atomic mass is 9.98. The maximum Gasteiger partial charge on any atom is 0.284 e. The molecule has 0 aromatic heterocycles. The highest BCUT2D eigenvalue weighted by Crippen LogP contribution is 2.45. The molecule has 3 heterocycles. The molecule has 286 valence electrons. The molecule has 0 aromatic carbocycles. The van der Waals surface area contributed by atoms with Gasteiger partial charge in [-0.15, -0.1) is 0 Å². The van der Waals surface area contributed by atoms with E-state index in [-0.39, 0.29) is 6.61 Å². The minimum Gasteiger partial charge on any atom is -0.394 e. The van der Waals surface area contributed by atoms with E-state index < -0.39 is 48.4 Å². The highest BCUT2D eigenvalue weighted by Gasteiger charge is 2.59. The van der Waals surface area contributed by atoms with Crippen molar-refractivity contribution in [3.63, 3.8) is 0 Å². The van der Waals surface area contributed by atoms with E-state index >= 15 is 0 Å². The number of unbranched alkanes of at least 4 members (excludes halogenated alkanes) is 24. The summed E-state index contributed by atoms with van der Waals surface area (Å²) in [5, 5.41) is 22.9. The third-order valence-corrected chi connectivity index (χ3v) is 10.8.